The highest BCUT2D eigenvalue weighted by Crippen LogP contribution is 2.36. The average molecular weight is 379 g/mol. The molecule has 0 unspecified atom stereocenters. The van der Waals surface area contributed by atoms with Crippen LogP contribution in [-0.4, -0.2) is 36.2 Å². The molecule has 0 N–H and O–H groups in total. The lowest BCUT2D eigenvalue weighted by atomic mass is 9.83. The van der Waals surface area contributed by atoms with Gasteiger partial charge in [0.2, 0.25) is 0 Å². The van der Waals surface area contributed by atoms with Crippen molar-refractivity contribution in [3.05, 3.63) is 41.6 Å². The molecule has 0 saturated heterocycles. The number of ketones is 3. The highest BCUT2D eigenvalue weighted by Gasteiger charge is 2.32. The Hall–Kier alpha value is -2.86. The lowest BCUT2D eigenvalue weighted by Gasteiger charge is -2.18. The van der Waals surface area contributed by atoms with Crippen molar-refractivity contribution in [2.75, 3.05) is 13.7 Å². The summed E-state index contributed by atoms with van der Waals surface area (Å²) in [5, 5.41) is 6.75. The predicted octanol–water partition coefficient (Wildman–Crippen LogP) is 4.00. The molecule has 1 aliphatic carbocycles. The van der Waals surface area contributed by atoms with Gasteiger partial charge in [0.05, 0.1) is 17.7 Å². The SMILES string of the molecule is COCCCC(=O)c1ccc2c(ccc3onc([C@H]4CCC(=O)CC4=O)c32)c1. The Morgan fingerprint density at radius 2 is 2.11 bits per heavy atom. The molecule has 0 bridgehead atoms. The summed E-state index contributed by atoms with van der Waals surface area (Å²) >= 11 is 0. The molecule has 0 radical (unpaired) electrons. The Morgan fingerprint density at radius 1 is 1.25 bits per heavy atom. The van der Waals surface area contributed by atoms with E-state index in [2.05, 4.69) is 5.16 Å². The van der Waals surface area contributed by atoms with Crippen LogP contribution in [0.3, 0.4) is 0 Å². The maximum absolute atomic E-state index is 12.4. The van der Waals surface area contributed by atoms with Gasteiger partial charge in [0, 0.05) is 32.1 Å². The van der Waals surface area contributed by atoms with E-state index in [1.54, 1.807) is 13.2 Å². The fraction of sp³-hybridized carbons (Fsp3) is 0.364. The van der Waals surface area contributed by atoms with Gasteiger partial charge in [-0.25, -0.2) is 0 Å². The van der Waals surface area contributed by atoms with Crippen molar-refractivity contribution in [1.29, 1.82) is 0 Å². The number of aromatic nitrogens is 1. The van der Waals surface area contributed by atoms with Crippen molar-refractivity contribution in [2.24, 2.45) is 0 Å². The van der Waals surface area contributed by atoms with Crippen LogP contribution >= 0.6 is 0 Å². The number of Topliss-reactive ketones (excluding diaryl/α,β-unsaturated/α-hetero) is 3. The van der Waals surface area contributed by atoms with E-state index < -0.39 is 5.92 Å². The van der Waals surface area contributed by atoms with E-state index in [-0.39, 0.29) is 23.8 Å². The largest absolute Gasteiger partial charge is 0.385 e. The summed E-state index contributed by atoms with van der Waals surface area (Å²) in [5.41, 5.74) is 1.85. The molecule has 4 rings (SSSR count). The molecule has 0 spiro atoms. The lowest BCUT2D eigenvalue weighted by Crippen LogP contribution is -2.23. The molecule has 6 heteroatoms. The maximum Gasteiger partial charge on any atom is 0.167 e. The second-order valence-corrected chi connectivity index (χ2v) is 7.23. The number of hydrogen-bond donors (Lipinski definition) is 0. The van der Waals surface area contributed by atoms with E-state index in [0.717, 1.165) is 16.2 Å². The van der Waals surface area contributed by atoms with Crippen molar-refractivity contribution in [2.45, 2.75) is 38.0 Å². The van der Waals surface area contributed by atoms with E-state index in [1.165, 1.54) is 0 Å². The number of nitrogens with zero attached hydrogens (tertiary/aromatic N) is 1. The number of ether oxygens (including phenoxy) is 1. The van der Waals surface area contributed by atoms with E-state index in [4.69, 9.17) is 9.26 Å². The number of carbonyl (C=O) groups excluding carboxylic acids is 3. The molecule has 0 amide bonds. The first-order valence-electron chi connectivity index (χ1n) is 9.47. The molecule has 28 heavy (non-hydrogen) atoms. The van der Waals surface area contributed by atoms with Crippen LogP contribution in [0.15, 0.2) is 34.9 Å². The fourth-order valence-electron chi connectivity index (χ4n) is 3.89. The van der Waals surface area contributed by atoms with Gasteiger partial charge in [0.25, 0.3) is 0 Å². The molecule has 1 saturated carbocycles. The smallest absolute Gasteiger partial charge is 0.167 e. The average Bonchev–Trinajstić information content (AvgIpc) is 3.12. The Balaban J connectivity index is 1.73. The first-order valence-corrected chi connectivity index (χ1v) is 9.47. The topological polar surface area (TPSA) is 86.5 Å². The van der Waals surface area contributed by atoms with E-state index in [9.17, 15) is 14.4 Å². The first-order chi connectivity index (χ1) is 13.6. The maximum atomic E-state index is 12.4. The summed E-state index contributed by atoms with van der Waals surface area (Å²) in [7, 11) is 1.62. The minimum Gasteiger partial charge on any atom is -0.385 e. The summed E-state index contributed by atoms with van der Waals surface area (Å²) in [5.74, 6) is -0.464. The molecular weight excluding hydrogens is 358 g/mol. The van der Waals surface area contributed by atoms with Gasteiger partial charge < -0.3 is 9.26 Å². The number of fused-ring (bicyclic) bond motifs is 3. The number of hydrogen-bond acceptors (Lipinski definition) is 6. The summed E-state index contributed by atoms with van der Waals surface area (Å²) in [6.45, 7) is 0.557. The zero-order valence-corrected chi connectivity index (χ0v) is 15.7. The van der Waals surface area contributed by atoms with Gasteiger partial charge in [0.15, 0.2) is 11.4 Å². The predicted molar refractivity (Wildman–Crippen MR) is 104 cm³/mol. The van der Waals surface area contributed by atoms with E-state index >= 15 is 0 Å². The fourth-order valence-corrected chi connectivity index (χ4v) is 3.89. The molecule has 1 fully saturated rings. The molecule has 1 atom stereocenters. The van der Waals surface area contributed by atoms with Gasteiger partial charge in [0.1, 0.15) is 17.3 Å². The number of benzene rings is 2. The Labute approximate surface area is 161 Å². The number of carbonyl (C=O) groups is 3. The molecule has 2 aromatic carbocycles. The second kappa shape index (κ2) is 7.64. The summed E-state index contributed by atoms with van der Waals surface area (Å²) in [4.78, 5) is 36.4. The molecule has 3 aromatic rings. The van der Waals surface area contributed by atoms with Crippen LogP contribution in [0, 0.1) is 0 Å². The van der Waals surface area contributed by atoms with Gasteiger partial charge in [-0.3, -0.25) is 14.4 Å². The van der Waals surface area contributed by atoms with Crippen LogP contribution in [-0.2, 0) is 14.3 Å². The standard InChI is InChI=1S/C22H21NO5/c1-27-10-2-3-18(25)14-4-7-16-13(11-14)5-9-20-21(16)22(23-28-20)17-8-6-15(24)12-19(17)26/h4-5,7,9,11,17H,2-3,6,8,10,12H2,1H3/t17-/m0/s1. The molecule has 0 aliphatic heterocycles. The molecular formula is C22H21NO5. The summed E-state index contributed by atoms with van der Waals surface area (Å²) < 4.78 is 10.5. The Bertz CT molecular complexity index is 1080. The lowest BCUT2D eigenvalue weighted by molar-refractivity contribution is -0.130. The third-order valence-electron chi connectivity index (χ3n) is 5.36. The van der Waals surface area contributed by atoms with Crippen molar-refractivity contribution in [1.82, 2.24) is 5.16 Å². The Morgan fingerprint density at radius 3 is 2.89 bits per heavy atom. The van der Waals surface area contributed by atoms with Crippen molar-refractivity contribution >= 4 is 39.1 Å². The molecule has 6 nitrogen and oxygen atoms in total. The monoisotopic (exact) mass is 379 g/mol. The van der Waals surface area contributed by atoms with E-state index in [1.807, 2.05) is 24.3 Å². The third kappa shape index (κ3) is 3.36. The van der Waals surface area contributed by atoms with Crippen molar-refractivity contribution < 1.29 is 23.6 Å². The van der Waals surface area contributed by atoms with Gasteiger partial charge in [-0.2, -0.15) is 0 Å². The van der Waals surface area contributed by atoms with Crippen LogP contribution in [0.25, 0.3) is 21.7 Å². The number of rotatable bonds is 6. The van der Waals surface area contributed by atoms with E-state index in [0.29, 0.717) is 49.1 Å². The van der Waals surface area contributed by atoms with Gasteiger partial charge >= 0.3 is 0 Å². The summed E-state index contributed by atoms with van der Waals surface area (Å²) in [6, 6.07) is 9.27. The van der Waals surface area contributed by atoms with Crippen LogP contribution in [0.2, 0.25) is 0 Å². The Kier molecular flexibility index (Phi) is 5.05. The van der Waals surface area contributed by atoms with Crippen molar-refractivity contribution in [3.63, 3.8) is 0 Å². The van der Waals surface area contributed by atoms with Crippen molar-refractivity contribution in [3.8, 4) is 0 Å². The highest BCUT2D eigenvalue weighted by atomic mass is 16.5. The molecule has 1 heterocycles. The second-order valence-electron chi connectivity index (χ2n) is 7.23. The van der Waals surface area contributed by atoms with Gasteiger partial charge in [-0.05, 0) is 35.7 Å². The molecule has 144 valence electrons. The first kappa shape index (κ1) is 18.5. The van der Waals surface area contributed by atoms with Crippen LogP contribution < -0.4 is 0 Å². The minimum atomic E-state index is -0.417. The molecule has 1 aromatic heterocycles. The zero-order valence-electron chi connectivity index (χ0n) is 15.7. The quantitative estimate of drug-likeness (QED) is 0.366. The summed E-state index contributed by atoms with van der Waals surface area (Å²) in [6.07, 6.45) is 1.93. The highest BCUT2D eigenvalue weighted by molar-refractivity contribution is 6.12. The number of methoxy groups -OCH3 is 1. The van der Waals surface area contributed by atoms with Crippen LogP contribution in [0.5, 0.6) is 0 Å². The zero-order chi connectivity index (χ0) is 19.7. The minimum absolute atomic E-state index is 0.0180. The normalized spacial score (nSPS) is 17.5. The van der Waals surface area contributed by atoms with Gasteiger partial charge in [-0.1, -0.05) is 23.4 Å². The van der Waals surface area contributed by atoms with Crippen LogP contribution in [0.1, 0.15) is 54.1 Å². The van der Waals surface area contributed by atoms with Crippen LogP contribution in [0.4, 0.5) is 0 Å². The molecule has 1 aliphatic rings. The van der Waals surface area contributed by atoms with Gasteiger partial charge in [-0.15, -0.1) is 0 Å². The third-order valence-corrected chi connectivity index (χ3v) is 5.36.